The van der Waals surface area contributed by atoms with Gasteiger partial charge < -0.3 is 4.57 Å². The normalized spacial score (nSPS) is 11.2. The number of benzene rings is 3. The lowest BCUT2D eigenvalue weighted by molar-refractivity contribution is 1.16. The molecule has 0 spiro atoms. The average molecular weight is 429 g/mol. The Bertz CT molecular complexity index is 1040. The van der Waals surface area contributed by atoms with Gasteiger partial charge in [-0.1, -0.05) is 50.1 Å². The zero-order valence-corrected chi connectivity index (χ0v) is 15.1. The number of hydrogen-bond acceptors (Lipinski definition) is 1. The molecule has 0 aliphatic heterocycles. The summed E-state index contributed by atoms with van der Waals surface area (Å²) in [5, 5.41) is 1.41. The Morgan fingerprint density at radius 3 is 1.74 bits per heavy atom. The van der Waals surface area contributed by atoms with Gasteiger partial charge in [0, 0.05) is 25.4 Å². The van der Waals surface area contributed by atoms with Gasteiger partial charge in [0.1, 0.15) is 0 Å². The third-order valence-electron chi connectivity index (χ3n) is 3.90. The van der Waals surface area contributed by atoms with Gasteiger partial charge in [0.2, 0.25) is 0 Å². The van der Waals surface area contributed by atoms with Crippen LogP contribution in [0.4, 0.5) is 0 Å². The molecule has 0 radical (unpaired) electrons. The van der Waals surface area contributed by atoms with Crippen molar-refractivity contribution in [1.29, 1.82) is 0 Å². The van der Waals surface area contributed by atoms with Crippen LogP contribution < -0.4 is 5.43 Å². The van der Waals surface area contributed by atoms with E-state index in [-0.39, 0.29) is 5.43 Å². The Kier molecular flexibility index (Phi) is 3.58. The van der Waals surface area contributed by atoms with Crippen molar-refractivity contribution < 1.29 is 0 Å². The van der Waals surface area contributed by atoms with Gasteiger partial charge in [0.15, 0.2) is 5.43 Å². The van der Waals surface area contributed by atoms with Crippen LogP contribution in [0, 0.1) is 0 Å². The third-order valence-corrected chi connectivity index (χ3v) is 4.89. The van der Waals surface area contributed by atoms with Crippen LogP contribution in [-0.2, 0) is 0 Å². The number of pyridine rings is 1. The summed E-state index contributed by atoms with van der Waals surface area (Å²) in [5.74, 6) is 0. The smallest absolute Gasteiger partial charge is 0.197 e. The van der Waals surface area contributed by atoms with Crippen LogP contribution in [0.5, 0.6) is 0 Å². The van der Waals surface area contributed by atoms with E-state index in [1.807, 2.05) is 66.7 Å². The molecule has 4 aromatic rings. The second-order valence-corrected chi connectivity index (χ2v) is 7.15. The molecule has 3 aromatic carbocycles. The molecule has 0 saturated heterocycles. The molecule has 4 rings (SSSR count). The number of rotatable bonds is 1. The summed E-state index contributed by atoms with van der Waals surface area (Å²) in [6, 6.07) is 21.8. The Labute approximate surface area is 149 Å². The Morgan fingerprint density at radius 1 is 0.696 bits per heavy atom. The number of aromatic nitrogens is 1. The van der Waals surface area contributed by atoms with Crippen LogP contribution in [0.1, 0.15) is 0 Å². The first kappa shape index (κ1) is 14.7. The fraction of sp³-hybridized carbons (Fsp3) is 0. The molecule has 4 heteroatoms. The summed E-state index contributed by atoms with van der Waals surface area (Å²) in [4.78, 5) is 12.9. The van der Waals surface area contributed by atoms with Gasteiger partial charge in [-0.15, -0.1) is 0 Å². The molecule has 1 aromatic heterocycles. The van der Waals surface area contributed by atoms with E-state index in [4.69, 9.17) is 0 Å². The standard InChI is InChI=1S/C19H11Br2NO/c20-12-6-8-17-15(10-12)19(23)16-11-13(21)7-9-18(16)22(17)14-4-2-1-3-5-14/h1-11H. The van der Waals surface area contributed by atoms with Crippen molar-refractivity contribution in [2.24, 2.45) is 0 Å². The molecular weight excluding hydrogens is 418 g/mol. The molecule has 23 heavy (non-hydrogen) atoms. The molecule has 0 unspecified atom stereocenters. The van der Waals surface area contributed by atoms with Gasteiger partial charge in [0.05, 0.1) is 11.0 Å². The highest BCUT2D eigenvalue weighted by atomic mass is 79.9. The van der Waals surface area contributed by atoms with E-state index in [2.05, 4.69) is 36.4 Å². The summed E-state index contributed by atoms with van der Waals surface area (Å²) < 4.78 is 3.93. The molecule has 112 valence electrons. The lowest BCUT2D eigenvalue weighted by Crippen LogP contribution is -2.10. The maximum absolute atomic E-state index is 12.9. The Balaban J connectivity index is 2.30. The first-order valence-electron chi connectivity index (χ1n) is 7.14. The van der Waals surface area contributed by atoms with E-state index in [1.165, 1.54) is 0 Å². The first-order chi connectivity index (χ1) is 11.1. The van der Waals surface area contributed by atoms with E-state index in [1.54, 1.807) is 0 Å². The van der Waals surface area contributed by atoms with Gasteiger partial charge in [-0.3, -0.25) is 4.79 Å². The van der Waals surface area contributed by atoms with Crippen LogP contribution >= 0.6 is 31.9 Å². The fourth-order valence-electron chi connectivity index (χ4n) is 2.90. The summed E-state index contributed by atoms with van der Waals surface area (Å²) in [6.07, 6.45) is 0. The molecule has 0 aliphatic carbocycles. The lowest BCUT2D eigenvalue weighted by Gasteiger charge is -2.15. The van der Waals surface area contributed by atoms with E-state index in [9.17, 15) is 4.79 Å². The number of hydrogen-bond donors (Lipinski definition) is 0. The molecule has 0 bridgehead atoms. The number of halogens is 2. The molecule has 2 nitrogen and oxygen atoms in total. The highest BCUT2D eigenvalue weighted by molar-refractivity contribution is 9.10. The topological polar surface area (TPSA) is 22.0 Å². The van der Waals surface area contributed by atoms with Crippen molar-refractivity contribution >= 4 is 53.7 Å². The first-order valence-corrected chi connectivity index (χ1v) is 8.73. The second-order valence-electron chi connectivity index (χ2n) is 5.32. The van der Waals surface area contributed by atoms with Crippen LogP contribution in [-0.4, -0.2) is 4.57 Å². The van der Waals surface area contributed by atoms with Crippen molar-refractivity contribution in [3.8, 4) is 5.69 Å². The predicted molar refractivity (Wildman–Crippen MR) is 102 cm³/mol. The van der Waals surface area contributed by atoms with Crippen molar-refractivity contribution in [2.75, 3.05) is 0 Å². The van der Waals surface area contributed by atoms with Crippen molar-refractivity contribution in [3.05, 3.63) is 85.9 Å². The summed E-state index contributed by atoms with van der Waals surface area (Å²) >= 11 is 6.94. The molecule has 0 amide bonds. The number of nitrogens with zero attached hydrogens (tertiary/aromatic N) is 1. The molecule has 1 heterocycles. The molecule has 0 aliphatic rings. The van der Waals surface area contributed by atoms with Gasteiger partial charge >= 0.3 is 0 Å². The zero-order chi connectivity index (χ0) is 16.0. The van der Waals surface area contributed by atoms with E-state index in [0.29, 0.717) is 10.8 Å². The van der Waals surface area contributed by atoms with Gasteiger partial charge in [-0.05, 0) is 48.5 Å². The SMILES string of the molecule is O=c1c2cc(Br)ccc2n(-c2ccccc2)c2ccc(Br)cc12. The highest BCUT2D eigenvalue weighted by Crippen LogP contribution is 2.27. The van der Waals surface area contributed by atoms with Crippen LogP contribution in [0.2, 0.25) is 0 Å². The number of fused-ring (bicyclic) bond motifs is 2. The Morgan fingerprint density at radius 2 is 1.22 bits per heavy atom. The third kappa shape index (κ3) is 2.42. The van der Waals surface area contributed by atoms with Crippen molar-refractivity contribution in [3.63, 3.8) is 0 Å². The monoisotopic (exact) mass is 427 g/mol. The van der Waals surface area contributed by atoms with Gasteiger partial charge in [-0.25, -0.2) is 0 Å². The minimum Gasteiger partial charge on any atom is -0.309 e. The lowest BCUT2D eigenvalue weighted by atomic mass is 10.1. The largest absolute Gasteiger partial charge is 0.309 e. The van der Waals surface area contributed by atoms with E-state index < -0.39 is 0 Å². The summed E-state index contributed by atoms with van der Waals surface area (Å²) in [6.45, 7) is 0. The molecule has 0 saturated carbocycles. The van der Waals surface area contributed by atoms with Crippen molar-refractivity contribution in [1.82, 2.24) is 4.57 Å². The zero-order valence-electron chi connectivity index (χ0n) is 12.0. The average Bonchev–Trinajstić information content (AvgIpc) is 2.57. The minimum atomic E-state index is 0.0461. The quantitative estimate of drug-likeness (QED) is 0.358. The number of para-hydroxylation sites is 1. The van der Waals surface area contributed by atoms with E-state index in [0.717, 1.165) is 25.7 Å². The second kappa shape index (κ2) is 5.62. The van der Waals surface area contributed by atoms with Crippen LogP contribution in [0.25, 0.3) is 27.5 Å². The maximum atomic E-state index is 12.9. The highest BCUT2D eigenvalue weighted by Gasteiger charge is 2.12. The molecule has 0 fully saturated rings. The van der Waals surface area contributed by atoms with Crippen LogP contribution in [0.3, 0.4) is 0 Å². The fourth-order valence-corrected chi connectivity index (χ4v) is 3.62. The van der Waals surface area contributed by atoms with Gasteiger partial charge in [-0.2, -0.15) is 0 Å². The van der Waals surface area contributed by atoms with Gasteiger partial charge in [0.25, 0.3) is 0 Å². The molecular formula is C19H11Br2NO. The van der Waals surface area contributed by atoms with Crippen LogP contribution in [0.15, 0.2) is 80.5 Å². The molecule has 0 N–H and O–H groups in total. The maximum Gasteiger partial charge on any atom is 0.197 e. The van der Waals surface area contributed by atoms with E-state index >= 15 is 0 Å². The molecule has 0 atom stereocenters. The minimum absolute atomic E-state index is 0.0461. The predicted octanol–water partition coefficient (Wildman–Crippen LogP) is 5.67. The van der Waals surface area contributed by atoms with Crippen molar-refractivity contribution in [2.45, 2.75) is 0 Å². The Hall–Kier alpha value is -1.91. The summed E-state index contributed by atoms with van der Waals surface area (Å²) in [5.41, 5.74) is 2.88. The summed E-state index contributed by atoms with van der Waals surface area (Å²) in [7, 11) is 0.